The second-order valence-electron chi connectivity index (χ2n) is 5.40. The molecule has 3 rings (SSSR count). The Balaban J connectivity index is 1.80. The van der Waals surface area contributed by atoms with Gasteiger partial charge in [0.1, 0.15) is 0 Å². The van der Waals surface area contributed by atoms with Crippen molar-refractivity contribution in [1.82, 2.24) is 14.2 Å². The van der Waals surface area contributed by atoms with Crippen molar-refractivity contribution in [2.75, 3.05) is 26.2 Å². The molecular formula is C13H20N4O2S. The van der Waals surface area contributed by atoms with Gasteiger partial charge in [0, 0.05) is 38.4 Å². The van der Waals surface area contributed by atoms with Crippen LogP contribution in [0.5, 0.6) is 0 Å². The number of nitrogens with zero attached hydrogens (tertiary/aromatic N) is 3. The molecule has 2 aliphatic heterocycles. The fourth-order valence-electron chi connectivity index (χ4n) is 3.00. The van der Waals surface area contributed by atoms with E-state index in [1.165, 1.54) is 6.42 Å². The van der Waals surface area contributed by atoms with Crippen molar-refractivity contribution in [1.29, 1.82) is 0 Å². The molecule has 0 amide bonds. The molecule has 1 unspecified atom stereocenters. The highest BCUT2D eigenvalue weighted by molar-refractivity contribution is 7.89. The van der Waals surface area contributed by atoms with Crippen LogP contribution in [-0.2, 0) is 16.6 Å². The molecule has 2 saturated heterocycles. The summed E-state index contributed by atoms with van der Waals surface area (Å²) < 4.78 is 26.8. The Hall–Kier alpha value is -1.02. The van der Waals surface area contributed by atoms with E-state index < -0.39 is 10.0 Å². The van der Waals surface area contributed by atoms with E-state index in [0.717, 1.165) is 25.1 Å². The van der Waals surface area contributed by atoms with Gasteiger partial charge in [0.05, 0.1) is 0 Å². The van der Waals surface area contributed by atoms with E-state index in [-0.39, 0.29) is 5.03 Å². The Kier molecular flexibility index (Phi) is 3.76. The van der Waals surface area contributed by atoms with Crippen molar-refractivity contribution < 1.29 is 8.42 Å². The minimum atomic E-state index is -3.47. The molecule has 1 aromatic heterocycles. The summed E-state index contributed by atoms with van der Waals surface area (Å²) in [5.74, 6) is 0. The molecule has 3 heterocycles. The van der Waals surface area contributed by atoms with Crippen LogP contribution >= 0.6 is 0 Å². The van der Waals surface area contributed by atoms with Crippen LogP contribution in [0.2, 0.25) is 0 Å². The zero-order valence-electron chi connectivity index (χ0n) is 11.4. The van der Waals surface area contributed by atoms with Crippen molar-refractivity contribution in [2.45, 2.75) is 30.5 Å². The van der Waals surface area contributed by atoms with E-state index in [2.05, 4.69) is 9.88 Å². The van der Waals surface area contributed by atoms with Crippen LogP contribution in [0, 0.1) is 0 Å². The van der Waals surface area contributed by atoms with Crippen molar-refractivity contribution in [3.05, 3.63) is 23.9 Å². The Morgan fingerprint density at radius 3 is 2.85 bits per heavy atom. The summed E-state index contributed by atoms with van der Waals surface area (Å²) in [6.45, 7) is 3.43. The molecule has 1 atom stereocenters. The molecule has 2 aliphatic rings. The fourth-order valence-corrected chi connectivity index (χ4v) is 4.38. The fraction of sp³-hybridized carbons (Fsp3) is 0.615. The van der Waals surface area contributed by atoms with Crippen molar-refractivity contribution in [3.8, 4) is 0 Å². The summed E-state index contributed by atoms with van der Waals surface area (Å²) in [6.07, 6.45) is 3.80. The van der Waals surface area contributed by atoms with Crippen LogP contribution in [0.1, 0.15) is 18.4 Å². The Morgan fingerprint density at radius 2 is 2.15 bits per heavy atom. The van der Waals surface area contributed by atoms with Crippen LogP contribution in [0.15, 0.2) is 23.4 Å². The second kappa shape index (κ2) is 5.40. The maximum Gasteiger partial charge on any atom is 0.260 e. The van der Waals surface area contributed by atoms with E-state index >= 15 is 0 Å². The molecule has 1 aromatic rings. The molecule has 20 heavy (non-hydrogen) atoms. The molecule has 0 bridgehead atoms. The maximum atomic E-state index is 12.6. The third kappa shape index (κ3) is 2.46. The van der Waals surface area contributed by atoms with Gasteiger partial charge in [0.2, 0.25) is 0 Å². The van der Waals surface area contributed by atoms with Gasteiger partial charge < -0.3 is 5.73 Å². The van der Waals surface area contributed by atoms with Gasteiger partial charge in [-0.15, -0.1) is 0 Å². The molecule has 0 spiro atoms. The Labute approximate surface area is 119 Å². The lowest BCUT2D eigenvalue weighted by Crippen LogP contribution is -2.52. The number of aromatic nitrogens is 1. The van der Waals surface area contributed by atoms with Crippen LogP contribution in [0.25, 0.3) is 0 Å². The van der Waals surface area contributed by atoms with E-state index in [0.29, 0.717) is 25.7 Å². The lowest BCUT2D eigenvalue weighted by molar-refractivity contribution is 0.158. The molecule has 2 fully saturated rings. The number of rotatable bonds is 3. The first-order valence-corrected chi connectivity index (χ1v) is 8.44. The van der Waals surface area contributed by atoms with E-state index in [9.17, 15) is 8.42 Å². The number of nitrogens with two attached hydrogens (primary N) is 1. The molecule has 7 heteroatoms. The first-order chi connectivity index (χ1) is 9.61. The van der Waals surface area contributed by atoms with Crippen molar-refractivity contribution >= 4 is 10.0 Å². The molecule has 0 aromatic carbocycles. The standard InChI is InChI=1S/C13H20N4O2S/c14-8-11-3-4-13(15-9-11)20(18,19)17-7-6-16-5-1-2-12(16)10-17/h3-4,9,12H,1-2,5-8,10,14H2. The summed E-state index contributed by atoms with van der Waals surface area (Å²) >= 11 is 0. The molecule has 0 radical (unpaired) electrons. The maximum absolute atomic E-state index is 12.6. The summed E-state index contributed by atoms with van der Waals surface area (Å²) in [6, 6.07) is 3.66. The van der Waals surface area contributed by atoms with Gasteiger partial charge in [-0.3, -0.25) is 4.90 Å². The minimum absolute atomic E-state index is 0.126. The van der Waals surface area contributed by atoms with Crippen LogP contribution < -0.4 is 5.73 Å². The van der Waals surface area contributed by atoms with Gasteiger partial charge in [0.25, 0.3) is 10.0 Å². The van der Waals surface area contributed by atoms with Crippen LogP contribution in [-0.4, -0.2) is 54.8 Å². The third-order valence-electron chi connectivity index (χ3n) is 4.19. The second-order valence-corrected chi connectivity index (χ2v) is 7.29. The van der Waals surface area contributed by atoms with Crippen molar-refractivity contribution in [3.63, 3.8) is 0 Å². The average Bonchev–Trinajstić information content (AvgIpc) is 2.94. The topological polar surface area (TPSA) is 79.5 Å². The van der Waals surface area contributed by atoms with Crippen LogP contribution in [0.4, 0.5) is 0 Å². The van der Waals surface area contributed by atoms with Gasteiger partial charge in [-0.1, -0.05) is 6.07 Å². The SMILES string of the molecule is NCc1ccc(S(=O)(=O)N2CCN3CCCC3C2)nc1. The normalized spacial score (nSPS) is 24.8. The van der Waals surface area contributed by atoms with Gasteiger partial charge in [-0.2, -0.15) is 4.31 Å². The monoisotopic (exact) mass is 296 g/mol. The smallest absolute Gasteiger partial charge is 0.260 e. The predicted molar refractivity (Wildman–Crippen MR) is 75.5 cm³/mol. The summed E-state index contributed by atoms with van der Waals surface area (Å²) in [5.41, 5.74) is 6.34. The number of sulfonamides is 1. The number of hydrogen-bond donors (Lipinski definition) is 1. The van der Waals surface area contributed by atoms with Gasteiger partial charge in [0.15, 0.2) is 5.03 Å². The number of piperazine rings is 1. The van der Waals surface area contributed by atoms with E-state index in [1.54, 1.807) is 22.6 Å². The van der Waals surface area contributed by atoms with E-state index in [1.807, 2.05) is 0 Å². The van der Waals surface area contributed by atoms with Crippen molar-refractivity contribution in [2.24, 2.45) is 5.73 Å². The lowest BCUT2D eigenvalue weighted by atomic mass is 10.2. The minimum Gasteiger partial charge on any atom is -0.326 e. The van der Waals surface area contributed by atoms with Gasteiger partial charge in [-0.25, -0.2) is 13.4 Å². The number of fused-ring (bicyclic) bond motifs is 1. The highest BCUT2D eigenvalue weighted by Crippen LogP contribution is 2.25. The van der Waals surface area contributed by atoms with Gasteiger partial charge >= 0.3 is 0 Å². The van der Waals surface area contributed by atoms with E-state index in [4.69, 9.17) is 5.73 Å². The molecule has 0 saturated carbocycles. The Morgan fingerprint density at radius 1 is 1.30 bits per heavy atom. The molecule has 110 valence electrons. The average molecular weight is 296 g/mol. The zero-order valence-corrected chi connectivity index (χ0v) is 12.2. The largest absolute Gasteiger partial charge is 0.326 e. The first-order valence-electron chi connectivity index (χ1n) is 7.00. The predicted octanol–water partition coefficient (Wildman–Crippen LogP) is 0.00900. The number of pyridine rings is 1. The zero-order chi connectivity index (χ0) is 14.2. The summed E-state index contributed by atoms with van der Waals surface area (Å²) in [7, 11) is -3.47. The molecule has 2 N–H and O–H groups in total. The van der Waals surface area contributed by atoms with Crippen LogP contribution in [0.3, 0.4) is 0 Å². The highest BCUT2D eigenvalue weighted by Gasteiger charge is 2.36. The third-order valence-corrected chi connectivity index (χ3v) is 5.97. The first kappa shape index (κ1) is 13.9. The Bertz CT molecular complexity index is 573. The molecule has 0 aliphatic carbocycles. The highest BCUT2D eigenvalue weighted by atomic mass is 32.2. The summed E-state index contributed by atoms with van der Waals surface area (Å²) in [5, 5.41) is 0.126. The lowest BCUT2D eigenvalue weighted by Gasteiger charge is -2.36. The molecular weight excluding hydrogens is 276 g/mol. The summed E-state index contributed by atoms with van der Waals surface area (Å²) in [4.78, 5) is 6.44. The number of hydrogen-bond acceptors (Lipinski definition) is 5. The van der Waals surface area contributed by atoms with Gasteiger partial charge in [-0.05, 0) is 31.0 Å². The molecule has 6 nitrogen and oxygen atoms in total. The quantitative estimate of drug-likeness (QED) is 0.850.